The van der Waals surface area contributed by atoms with Crippen LogP contribution in [-0.2, 0) is 0 Å². The molecule has 0 aliphatic rings. The standard InChI is InChI=1S/C15H8BrClI2N2O3S/c16-6-1-2-10(17)8(3-6)13(22)21-15(25)20-12-9(14(23)24)4-7(18)5-11(12)19/h1-5H,(H,23,24)(H2,20,21,22,25). The summed E-state index contributed by atoms with van der Waals surface area (Å²) >= 11 is 18.5. The molecule has 0 aliphatic heterocycles. The van der Waals surface area contributed by atoms with Gasteiger partial charge in [0.2, 0.25) is 0 Å². The van der Waals surface area contributed by atoms with Crippen molar-refractivity contribution in [1.82, 2.24) is 5.32 Å². The van der Waals surface area contributed by atoms with Crippen LogP contribution < -0.4 is 10.6 Å². The second-order valence-corrected chi connectivity index (χ2v) is 8.79. The van der Waals surface area contributed by atoms with Crippen LogP contribution >= 0.6 is 84.9 Å². The summed E-state index contributed by atoms with van der Waals surface area (Å²) in [7, 11) is 0. The number of carbonyl (C=O) groups excluding carboxylic acids is 1. The molecule has 0 aliphatic carbocycles. The normalized spacial score (nSPS) is 10.2. The van der Waals surface area contributed by atoms with Crippen LogP contribution in [0.3, 0.4) is 0 Å². The molecule has 0 atom stereocenters. The van der Waals surface area contributed by atoms with Crippen LogP contribution in [0.2, 0.25) is 5.02 Å². The molecule has 0 aromatic heterocycles. The number of halogens is 4. The first-order valence-corrected chi connectivity index (χ1v) is 10.2. The Hall–Kier alpha value is -0.500. The molecular weight excluding hydrogens is 657 g/mol. The first-order chi connectivity index (χ1) is 11.7. The van der Waals surface area contributed by atoms with Crippen LogP contribution in [0.25, 0.3) is 0 Å². The number of rotatable bonds is 3. The quantitative estimate of drug-likeness (QED) is 0.313. The lowest BCUT2D eigenvalue weighted by atomic mass is 10.2. The van der Waals surface area contributed by atoms with Gasteiger partial charge < -0.3 is 10.4 Å². The maximum absolute atomic E-state index is 12.3. The fourth-order valence-electron chi connectivity index (χ4n) is 1.86. The van der Waals surface area contributed by atoms with E-state index in [0.29, 0.717) is 13.7 Å². The molecule has 1 amide bonds. The van der Waals surface area contributed by atoms with Gasteiger partial charge in [-0.05, 0) is 87.7 Å². The monoisotopic (exact) mass is 664 g/mol. The predicted molar refractivity (Wildman–Crippen MR) is 122 cm³/mol. The second kappa shape index (κ2) is 8.93. The zero-order chi connectivity index (χ0) is 18.7. The first kappa shape index (κ1) is 20.8. The van der Waals surface area contributed by atoms with E-state index in [1.807, 2.05) is 45.2 Å². The third-order valence-electron chi connectivity index (χ3n) is 2.92. The van der Waals surface area contributed by atoms with E-state index >= 15 is 0 Å². The Morgan fingerprint density at radius 1 is 1.16 bits per heavy atom. The average Bonchev–Trinajstić information content (AvgIpc) is 2.51. The van der Waals surface area contributed by atoms with Gasteiger partial charge in [-0.3, -0.25) is 10.1 Å². The van der Waals surface area contributed by atoms with Gasteiger partial charge in [0.1, 0.15) is 0 Å². The lowest BCUT2D eigenvalue weighted by molar-refractivity contribution is 0.0697. The maximum Gasteiger partial charge on any atom is 0.337 e. The number of hydrogen-bond acceptors (Lipinski definition) is 3. The van der Waals surface area contributed by atoms with Gasteiger partial charge in [0.25, 0.3) is 5.91 Å². The van der Waals surface area contributed by atoms with Crippen molar-refractivity contribution in [2.45, 2.75) is 0 Å². The van der Waals surface area contributed by atoms with Crippen molar-refractivity contribution in [2.24, 2.45) is 0 Å². The van der Waals surface area contributed by atoms with Crippen molar-refractivity contribution in [2.75, 3.05) is 5.32 Å². The third kappa shape index (κ3) is 5.49. The molecule has 0 radical (unpaired) electrons. The molecule has 0 fully saturated rings. The van der Waals surface area contributed by atoms with Gasteiger partial charge in [-0.15, -0.1) is 0 Å². The Balaban J connectivity index is 2.22. The summed E-state index contributed by atoms with van der Waals surface area (Å²) in [6.07, 6.45) is 0. The maximum atomic E-state index is 12.3. The molecule has 0 saturated heterocycles. The number of carboxylic acid groups (broad SMARTS) is 1. The number of thiocarbonyl (C=S) groups is 1. The number of benzene rings is 2. The number of carboxylic acids is 1. The highest BCUT2D eigenvalue weighted by Gasteiger charge is 2.18. The van der Waals surface area contributed by atoms with E-state index in [1.165, 1.54) is 6.07 Å². The van der Waals surface area contributed by atoms with Crippen LogP contribution in [0, 0.1) is 7.14 Å². The van der Waals surface area contributed by atoms with E-state index in [2.05, 4.69) is 26.6 Å². The molecule has 10 heteroatoms. The van der Waals surface area contributed by atoms with Crippen molar-refractivity contribution >= 4 is 108 Å². The van der Waals surface area contributed by atoms with Crippen LogP contribution in [0.4, 0.5) is 5.69 Å². The Bertz CT molecular complexity index is 895. The number of nitrogens with one attached hydrogen (secondary N) is 2. The number of aromatic carboxylic acids is 1. The van der Waals surface area contributed by atoms with Gasteiger partial charge in [0.05, 0.1) is 21.8 Å². The summed E-state index contributed by atoms with van der Waals surface area (Å²) in [4.78, 5) is 23.7. The summed E-state index contributed by atoms with van der Waals surface area (Å²) in [5.74, 6) is -1.59. The van der Waals surface area contributed by atoms with E-state index in [1.54, 1.807) is 24.3 Å². The van der Waals surface area contributed by atoms with Crippen LogP contribution in [0.15, 0.2) is 34.8 Å². The highest BCUT2D eigenvalue weighted by molar-refractivity contribution is 14.1. The van der Waals surface area contributed by atoms with Gasteiger partial charge in [-0.2, -0.15) is 0 Å². The Morgan fingerprint density at radius 3 is 2.48 bits per heavy atom. The van der Waals surface area contributed by atoms with Crippen molar-refractivity contribution in [3.8, 4) is 0 Å². The van der Waals surface area contributed by atoms with Crippen molar-refractivity contribution in [3.63, 3.8) is 0 Å². The summed E-state index contributed by atoms with van der Waals surface area (Å²) in [6.45, 7) is 0. The summed E-state index contributed by atoms with van der Waals surface area (Å²) in [6, 6.07) is 8.18. The Labute approximate surface area is 189 Å². The van der Waals surface area contributed by atoms with E-state index < -0.39 is 11.9 Å². The molecule has 0 spiro atoms. The highest BCUT2D eigenvalue weighted by atomic mass is 127. The van der Waals surface area contributed by atoms with Crippen LogP contribution in [0.5, 0.6) is 0 Å². The molecule has 0 bridgehead atoms. The minimum absolute atomic E-state index is 0.0253. The highest BCUT2D eigenvalue weighted by Crippen LogP contribution is 2.26. The Kier molecular flexibility index (Phi) is 7.43. The molecule has 3 N–H and O–H groups in total. The Morgan fingerprint density at radius 2 is 1.84 bits per heavy atom. The van der Waals surface area contributed by atoms with Crippen LogP contribution in [-0.4, -0.2) is 22.1 Å². The molecular formula is C15H8BrClI2N2O3S. The van der Waals surface area contributed by atoms with Gasteiger partial charge in [-0.1, -0.05) is 27.5 Å². The molecule has 5 nitrogen and oxygen atoms in total. The third-order valence-corrected chi connectivity index (χ3v) is 5.42. The van der Waals surface area contributed by atoms with Crippen molar-refractivity contribution in [3.05, 3.63) is 58.1 Å². The summed E-state index contributed by atoms with van der Waals surface area (Å²) < 4.78 is 2.14. The van der Waals surface area contributed by atoms with E-state index in [9.17, 15) is 14.7 Å². The van der Waals surface area contributed by atoms with Crippen molar-refractivity contribution < 1.29 is 14.7 Å². The second-order valence-electron chi connectivity index (χ2n) is 4.65. The molecule has 2 aromatic rings. The zero-order valence-electron chi connectivity index (χ0n) is 12.1. The summed E-state index contributed by atoms with van der Waals surface area (Å²) in [5, 5.41) is 14.9. The minimum Gasteiger partial charge on any atom is -0.478 e. The molecule has 0 unspecified atom stereocenters. The van der Waals surface area contributed by atoms with E-state index in [-0.39, 0.29) is 21.3 Å². The fourth-order valence-corrected chi connectivity index (χ4v) is 4.59. The van der Waals surface area contributed by atoms with Gasteiger partial charge in [0, 0.05) is 11.6 Å². The molecule has 2 aromatic carbocycles. The lowest BCUT2D eigenvalue weighted by Gasteiger charge is -2.14. The van der Waals surface area contributed by atoms with E-state index in [0.717, 1.165) is 3.57 Å². The summed E-state index contributed by atoms with van der Waals surface area (Å²) in [5.41, 5.74) is 0.628. The van der Waals surface area contributed by atoms with E-state index in [4.69, 9.17) is 23.8 Å². The molecule has 130 valence electrons. The van der Waals surface area contributed by atoms with Crippen molar-refractivity contribution in [1.29, 1.82) is 0 Å². The smallest absolute Gasteiger partial charge is 0.337 e. The van der Waals surface area contributed by atoms with Gasteiger partial charge in [-0.25, -0.2) is 4.79 Å². The number of anilines is 1. The number of amides is 1. The number of hydrogen-bond donors (Lipinski definition) is 3. The first-order valence-electron chi connectivity index (χ1n) is 6.48. The molecule has 0 saturated carbocycles. The minimum atomic E-state index is -1.09. The predicted octanol–water partition coefficient (Wildman–Crippen LogP) is 5.14. The largest absolute Gasteiger partial charge is 0.478 e. The lowest BCUT2D eigenvalue weighted by Crippen LogP contribution is -2.35. The number of carbonyl (C=O) groups is 2. The zero-order valence-corrected chi connectivity index (χ0v) is 19.5. The average molecular weight is 665 g/mol. The topological polar surface area (TPSA) is 78.4 Å². The van der Waals surface area contributed by atoms with Gasteiger partial charge in [0.15, 0.2) is 5.11 Å². The molecule has 2 rings (SSSR count). The van der Waals surface area contributed by atoms with Crippen LogP contribution in [0.1, 0.15) is 20.7 Å². The molecule has 0 heterocycles. The SMILES string of the molecule is O=C(NC(=S)Nc1c(I)cc(I)cc1C(=O)O)c1cc(Br)ccc1Cl. The molecule has 25 heavy (non-hydrogen) atoms. The van der Waals surface area contributed by atoms with Gasteiger partial charge >= 0.3 is 5.97 Å². The fraction of sp³-hybridized carbons (Fsp3) is 0.